The molecule has 0 spiro atoms. The average Bonchev–Trinajstić information content (AvgIpc) is 3.50. The minimum absolute atomic E-state index is 0.0142. The normalized spacial score (nSPS) is 14.0. The molecule has 3 aromatic rings. The van der Waals surface area contributed by atoms with Crippen molar-refractivity contribution >= 4 is 23.9 Å². The SMILES string of the molecule is CCOC(=O)N1CCN(C(=O)[C@H](CCC(=O)O)NC(=O)c2cc(-c3cn[nH]c3)nc(-c3ccccc3)n2)CC1. The summed E-state index contributed by atoms with van der Waals surface area (Å²) in [6, 6.07) is 9.51. The number of aliphatic carboxylic acids is 1. The van der Waals surface area contributed by atoms with E-state index < -0.39 is 29.9 Å². The fourth-order valence-corrected chi connectivity index (χ4v) is 4.12. The number of amides is 3. The Kier molecular flexibility index (Phi) is 8.82. The van der Waals surface area contributed by atoms with E-state index >= 15 is 0 Å². The van der Waals surface area contributed by atoms with Gasteiger partial charge in [0.25, 0.3) is 5.91 Å². The maximum absolute atomic E-state index is 13.4. The molecule has 0 aliphatic carbocycles. The third kappa shape index (κ3) is 6.94. The largest absolute Gasteiger partial charge is 0.481 e. The lowest BCUT2D eigenvalue weighted by atomic mass is 10.1. The van der Waals surface area contributed by atoms with E-state index in [1.54, 1.807) is 19.3 Å². The zero-order chi connectivity index (χ0) is 27.8. The van der Waals surface area contributed by atoms with Crippen molar-refractivity contribution in [3.8, 4) is 22.6 Å². The lowest BCUT2D eigenvalue weighted by Crippen LogP contribution is -2.56. The van der Waals surface area contributed by atoms with Gasteiger partial charge in [-0.25, -0.2) is 14.8 Å². The number of aromatic amines is 1. The van der Waals surface area contributed by atoms with Crippen LogP contribution in [0.25, 0.3) is 22.6 Å². The Labute approximate surface area is 224 Å². The Morgan fingerprint density at radius 2 is 1.77 bits per heavy atom. The zero-order valence-corrected chi connectivity index (χ0v) is 21.4. The number of nitrogens with zero attached hydrogens (tertiary/aromatic N) is 5. The summed E-state index contributed by atoms with van der Waals surface area (Å²) in [6.07, 6.45) is 2.32. The molecule has 2 aromatic heterocycles. The second kappa shape index (κ2) is 12.6. The van der Waals surface area contributed by atoms with Gasteiger partial charge in [0.15, 0.2) is 5.82 Å². The predicted molar refractivity (Wildman–Crippen MR) is 138 cm³/mol. The maximum Gasteiger partial charge on any atom is 0.409 e. The van der Waals surface area contributed by atoms with Gasteiger partial charge in [0.05, 0.1) is 18.5 Å². The van der Waals surface area contributed by atoms with Crippen LogP contribution in [0.2, 0.25) is 0 Å². The van der Waals surface area contributed by atoms with Crippen molar-refractivity contribution in [2.75, 3.05) is 32.8 Å². The van der Waals surface area contributed by atoms with Crippen molar-refractivity contribution in [1.29, 1.82) is 0 Å². The Balaban J connectivity index is 1.55. The van der Waals surface area contributed by atoms with Crippen LogP contribution in [0.5, 0.6) is 0 Å². The van der Waals surface area contributed by atoms with E-state index in [1.807, 2.05) is 30.3 Å². The van der Waals surface area contributed by atoms with Crippen molar-refractivity contribution in [3.63, 3.8) is 0 Å². The Hall–Kier alpha value is -4.81. The van der Waals surface area contributed by atoms with Crippen LogP contribution in [0.1, 0.15) is 30.3 Å². The Bertz CT molecular complexity index is 1310. The summed E-state index contributed by atoms with van der Waals surface area (Å²) in [5, 5.41) is 18.6. The summed E-state index contributed by atoms with van der Waals surface area (Å²) in [5.74, 6) is -1.86. The monoisotopic (exact) mass is 535 g/mol. The molecule has 0 radical (unpaired) electrons. The first kappa shape index (κ1) is 27.2. The molecule has 13 nitrogen and oxygen atoms in total. The number of H-pyrrole nitrogens is 1. The van der Waals surface area contributed by atoms with E-state index in [-0.39, 0.29) is 51.3 Å². The van der Waals surface area contributed by atoms with E-state index in [2.05, 4.69) is 25.5 Å². The first-order valence-electron chi connectivity index (χ1n) is 12.5. The highest BCUT2D eigenvalue weighted by atomic mass is 16.6. The fraction of sp³-hybridized carbons (Fsp3) is 0.346. The number of aromatic nitrogens is 4. The number of carboxylic acid groups (broad SMARTS) is 1. The van der Waals surface area contributed by atoms with Crippen molar-refractivity contribution in [2.45, 2.75) is 25.8 Å². The molecule has 3 N–H and O–H groups in total. The van der Waals surface area contributed by atoms with Gasteiger partial charge in [-0.3, -0.25) is 19.5 Å². The Morgan fingerprint density at radius 3 is 2.41 bits per heavy atom. The number of carbonyl (C=O) groups is 4. The molecule has 13 heteroatoms. The molecule has 3 amide bonds. The summed E-state index contributed by atoms with van der Waals surface area (Å²) in [7, 11) is 0. The second-order valence-electron chi connectivity index (χ2n) is 8.78. The number of piperazine rings is 1. The molecule has 39 heavy (non-hydrogen) atoms. The van der Waals surface area contributed by atoms with Crippen LogP contribution in [0.15, 0.2) is 48.8 Å². The first-order chi connectivity index (χ1) is 18.9. The summed E-state index contributed by atoms with van der Waals surface area (Å²) in [4.78, 5) is 62.0. The van der Waals surface area contributed by atoms with E-state index in [9.17, 15) is 24.3 Å². The van der Waals surface area contributed by atoms with Gasteiger partial charge in [-0.2, -0.15) is 5.10 Å². The highest BCUT2D eigenvalue weighted by Crippen LogP contribution is 2.22. The number of carbonyl (C=O) groups excluding carboxylic acids is 3. The quantitative estimate of drug-likeness (QED) is 0.369. The maximum atomic E-state index is 13.4. The van der Waals surface area contributed by atoms with Crippen molar-refractivity contribution in [2.24, 2.45) is 0 Å². The minimum Gasteiger partial charge on any atom is -0.481 e. The van der Waals surface area contributed by atoms with Crippen LogP contribution in [0, 0.1) is 0 Å². The molecule has 0 saturated carbocycles. The highest BCUT2D eigenvalue weighted by molar-refractivity contribution is 5.97. The summed E-state index contributed by atoms with van der Waals surface area (Å²) >= 11 is 0. The van der Waals surface area contributed by atoms with Crippen LogP contribution in [0.3, 0.4) is 0 Å². The molecule has 204 valence electrons. The van der Waals surface area contributed by atoms with Crippen LogP contribution >= 0.6 is 0 Å². The second-order valence-corrected chi connectivity index (χ2v) is 8.78. The summed E-state index contributed by atoms with van der Waals surface area (Å²) in [6.45, 7) is 2.96. The van der Waals surface area contributed by atoms with Gasteiger partial charge in [-0.15, -0.1) is 0 Å². The van der Waals surface area contributed by atoms with Crippen LogP contribution in [0.4, 0.5) is 4.79 Å². The molecule has 1 aliphatic rings. The standard InChI is InChI=1S/C26H29N7O6/c1-2-39-26(38)33-12-10-32(11-13-33)25(37)19(8-9-22(34)35)31-24(36)21-14-20(18-15-27-28-16-18)29-23(30-21)17-6-4-3-5-7-17/h3-7,14-16,19H,2,8-13H2,1H3,(H,27,28)(H,31,36)(H,34,35)/t19-/m0/s1. The molecular formula is C26H29N7O6. The number of rotatable bonds is 9. The van der Waals surface area contributed by atoms with E-state index in [1.165, 1.54) is 15.9 Å². The number of carboxylic acids is 1. The molecular weight excluding hydrogens is 506 g/mol. The third-order valence-corrected chi connectivity index (χ3v) is 6.15. The molecule has 1 aliphatic heterocycles. The lowest BCUT2D eigenvalue weighted by Gasteiger charge is -2.35. The average molecular weight is 536 g/mol. The molecule has 0 bridgehead atoms. The van der Waals surface area contributed by atoms with Crippen molar-refractivity contribution in [1.82, 2.24) is 35.3 Å². The third-order valence-electron chi connectivity index (χ3n) is 6.15. The number of benzene rings is 1. The minimum atomic E-state index is -1.10. The van der Waals surface area contributed by atoms with Gasteiger partial charge >= 0.3 is 12.1 Å². The van der Waals surface area contributed by atoms with E-state index in [0.29, 0.717) is 22.6 Å². The molecule has 1 saturated heterocycles. The number of nitrogens with one attached hydrogen (secondary N) is 2. The number of hydrogen-bond acceptors (Lipinski definition) is 8. The topological polar surface area (TPSA) is 171 Å². The van der Waals surface area contributed by atoms with Crippen LogP contribution in [-0.2, 0) is 14.3 Å². The van der Waals surface area contributed by atoms with Gasteiger partial charge in [0.2, 0.25) is 5.91 Å². The van der Waals surface area contributed by atoms with Gasteiger partial charge in [-0.05, 0) is 19.4 Å². The highest BCUT2D eigenvalue weighted by Gasteiger charge is 2.31. The van der Waals surface area contributed by atoms with Gasteiger partial charge in [0, 0.05) is 49.9 Å². The van der Waals surface area contributed by atoms with Crippen molar-refractivity contribution in [3.05, 3.63) is 54.5 Å². The molecule has 1 atom stereocenters. The van der Waals surface area contributed by atoms with Crippen molar-refractivity contribution < 1.29 is 29.0 Å². The number of hydrogen-bond donors (Lipinski definition) is 3. The molecule has 1 fully saturated rings. The summed E-state index contributed by atoms with van der Waals surface area (Å²) in [5.41, 5.74) is 1.79. The fourth-order valence-electron chi connectivity index (χ4n) is 4.12. The van der Waals surface area contributed by atoms with Gasteiger partial charge in [-0.1, -0.05) is 30.3 Å². The van der Waals surface area contributed by atoms with E-state index in [4.69, 9.17) is 4.74 Å². The molecule has 1 aromatic carbocycles. The van der Waals surface area contributed by atoms with Gasteiger partial charge < -0.3 is 25.0 Å². The molecule has 0 unspecified atom stereocenters. The first-order valence-corrected chi connectivity index (χ1v) is 12.5. The van der Waals surface area contributed by atoms with Gasteiger partial charge in [0.1, 0.15) is 11.7 Å². The van der Waals surface area contributed by atoms with Crippen LogP contribution in [-0.4, -0.2) is 97.8 Å². The molecule has 3 heterocycles. The lowest BCUT2D eigenvalue weighted by molar-refractivity contribution is -0.138. The summed E-state index contributed by atoms with van der Waals surface area (Å²) < 4.78 is 5.01. The molecule has 4 rings (SSSR count). The Morgan fingerprint density at radius 1 is 1.05 bits per heavy atom. The number of ether oxygens (including phenoxy) is 1. The van der Waals surface area contributed by atoms with Crippen LogP contribution < -0.4 is 5.32 Å². The zero-order valence-electron chi connectivity index (χ0n) is 21.4. The smallest absolute Gasteiger partial charge is 0.409 e. The van der Waals surface area contributed by atoms with E-state index in [0.717, 1.165) is 0 Å². The predicted octanol–water partition coefficient (Wildman–Crippen LogP) is 1.80.